The molecule has 0 radical (unpaired) electrons. The minimum absolute atomic E-state index is 0.0455. The lowest BCUT2D eigenvalue weighted by molar-refractivity contribution is 0.0955. The molecule has 0 aliphatic carbocycles. The summed E-state index contributed by atoms with van der Waals surface area (Å²) in [5.41, 5.74) is 3.63. The molecule has 1 N–H and O–H groups in total. The lowest BCUT2D eigenvalue weighted by atomic mass is 10.2. The first-order valence-corrected chi connectivity index (χ1v) is 7.18. The SMILES string of the molecule is N#CCOc1ccccc1/C=N\NC(=O)c1ccc(Br)cc1. The molecular weight excluding hydrogens is 346 g/mol. The van der Waals surface area contributed by atoms with Gasteiger partial charge in [0.25, 0.3) is 5.91 Å². The number of carbonyl (C=O) groups is 1. The normalized spacial score (nSPS) is 10.2. The second-order valence-electron chi connectivity index (χ2n) is 4.19. The third-order valence-corrected chi connectivity index (χ3v) is 3.22. The van der Waals surface area contributed by atoms with Crippen molar-refractivity contribution in [3.63, 3.8) is 0 Å². The van der Waals surface area contributed by atoms with Crippen molar-refractivity contribution in [2.45, 2.75) is 0 Å². The Labute approximate surface area is 136 Å². The minimum Gasteiger partial charge on any atom is -0.478 e. The van der Waals surface area contributed by atoms with Crippen molar-refractivity contribution in [2.24, 2.45) is 5.10 Å². The van der Waals surface area contributed by atoms with Crippen LogP contribution in [0.4, 0.5) is 0 Å². The number of nitriles is 1. The molecule has 6 heteroatoms. The summed E-state index contributed by atoms with van der Waals surface area (Å²) < 4.78 is 6.17. The van der Waals surface area contributed by atoms with Crippen molar-refractivity contribution in [3.8, 4) is 11.8 Å². The number of hydrogen-bond donors (Lipinski definition) is 1. The van der Waals surface area contributed by atoms with Gasteiger partial charge < -0.3 is 4.74 Å². The number of hydrazone groups is 1. The molecule has 0 saturated heterocycles. The van der Waals surface area contributed by atoms with Gasteiger partial charge in [0.15, 0.2) is 6.61 Å². The summed E-state index contributed by atoms with van der Waals surface area (Å²) in [6.45, 7) is -0.0455. The smallest absolute Gasteiger partial charge is 0.271 e. The van der Waals surface area contributed by atoms with Crippen LogP contribution in [0.25, 0.3) is 0 Å². The summed E-state index contributed by atoms with van der Waals surface area (Å²) in [6.07, 6.45) is 1.48. The molecule has 0 bridgehead atoms. The van der Waals surface area contributed by atoms with Crippen LogP contribution in [0.15, 0.2) is 58.1 Å². The molecule has 2 aromatic rings. The van der Waals surface area contributed by atoms with E-state index in [1.807, 2.05) is 12.1 Å². The van der Waals surface area contributed by atoms with E-state index in [0.717, 1.165) is 4.47 Å². The van der Waals surface area contributed by atoms with Gasteiger partial charge >= 0.3 is 0 Å². The number of benzene rings is 2. The van der Waals surface area contributed by atoms with Gasteiger partial charge in [0.1, 0.15) is 11.8 Å². The maximum Gasteiger partial charge on any atom is 0.271 e. The fourth-order valence-electron chi connectivity index (χ4n) is 1.65. The van der Waals surface area contributed by atoms with E-state index in [1.165, 1.54) is 6.21 Å². The van der Waals surface area contributed by atoms with E-state index in [1.54, 1.807) is 42.5 Å². The number of carbonyl (C=O) groups excluding carboxylic acids is 1. The Morgan fingerprint density at radius 1 is 1.27 bits per heavy atom. The quantitative estimate of drug-likeness (QED) is 0.659. The van der Waals surface area contributed by atoms with Gasteiger partial charge in [-0.05, 0) is 36.4 Å². The first-order valence-electron chi connectivity index (χ1n) is 6.38. The Balaban J connectivity index is 2.02. The van der Waals surface area contributed by atoms with Gasteiger partial charge in [-0.15, -0.1) is 0 Å². The van der Waals surface area contributed by atoms with Crippen molar-refractivity contribution in [1.29, 1.82) is 5.26 Å². The van der Waals surface area contributed by atoms with Crippen LogP contribution in [0, 0.1) is 11.3 Å². The highest BCUT2D eigenvalue weighted by Crippen LogP contribution is 2.15. The van der Waals surface area contributed by atoms with Crippen LogP contribution in [0.3, 0.4) is 0 Å². The lowest BCUT2D eigenvalue weighted by Gasteiger charge is -2.05. The molecular formula is C16H12BrN3O2. The fourth-order valence-corrected chi connectivity index (χ4v) is 1.92. The predicted octanol–water partition coefficient (Wildman–Crippen LogP) is 3.12. The lowest BCUT2D eigenvalue weighted by Crippen LogP contribution is -2.17. The average Bonchev–Trinajstić information content (AvgIpc) is 2.54. The van der Waals surface area contributed by atoms with Crippen molar-refractivity contribution in [3.05, 3.63) is 64.1 Å². The van der Waals surface area contributed by atoms with Gasteiger partial charge in [0.2, 0.25) is 0 Å². The Morgan fingerprint density at radius 3 is 2.73 bits per heavy atom. The molecule has 22 heavy (non-hydrogen) atoms. The number of amides is 1. The average molecular weight is 358 g/mol. The van der Waals surface area contributed by atoms with Crippen molar-refractivity contribution >= 4 is 28.1 Å². The van der Waals surface area contributed by atoms with Crippen LogP contribution in [-0.2, 0) is 0 Å². The van der Waals surface area contributed by atoms with Gasteiger partial charge in [0, 0.05) is 15.6 Å². The number of hydrogen-bond acceptors (Lipinski definition) is 4. The molecule has 0 atom stereocenters. The van der Waals surface area contributed by atoms with Crippen LogP contribution < -0.4 is 10.2 Å². The fraction of sp³-hybridized carbons (Fsp3) is 0.0625. The van der Waals surface area contributed by atoms with E-state index < -0.39 is 0 Å². The summed E-state index contributed by atoms with van der Waals surface area (Å²) in [5, 5.41) is 12.5. The molecule has 0 fully saturated rings. The highest BCUT2D eigenvalue weighted by atomic mass is 79.9. The molecule has 0 spiro atoms. The number of ether oxygens (including phenoxy) is 1. The third-order valence-electron chi connectivity index (χ3n) is 2.69. The topological polar surface area (TPSA) is 74.5 Å². The molecule has 0 aromatic heterocycles. The van der Waals surface area contributed by atoms with Crippen molar-refractivity contribution in [1.82, 2.24) is 5.43 Å². The second-order valence-corrected chi connectivity index (χ2v) is 5.11. The number of halogens is 1. The molecule has 2 rings (SSSR count). The van der Waals surface area contributed by atoms with Gasteiger partial charge in [-0.25, -0.2) is 5.43 Å². The summed E-state index contributed by atoms with van der Waals surface area (Å²) in [7, 11) is 0. The Morgan fingerprint density at radius 2 is 2.00 bits per heavy atom. The first-order chi connectivity index (χ1) is 10.7. The Kier molecular flexibility index (Phi) is 5.69. The molecule has 0 heterocycles. The molecule has 0 aliphatic rings. The predicted molar refractivity (Wildman–Crippen MR) is 86.8 cm³/mol. The number of nitrogens with one attached hydrogen (secondary N) is 1. The number of rotatable bonds is 5. The second kappa shape index (κ2) is 7.96. The van der Waals surface area contributed by atoms with Crippen molar-refractivity contribution in [2.75, 3.05) is 6.61 Å². The zero-order valence-corrected chi connectivity index (χ0v) is 13.1. The minimum atomic E-state index is -0.306. The van der Waals surface area contributed by atoms with Crippen LogP contribution in [0.1, 0.15) is 15.9 Å². The highest BCUT2D eigenvalue weighted by Gasteiger charge is 2.04. The molecule has 2 aromatic carbocycles. The molecule has 1 amide bonds. The standard InChI is InChI=1S/C16H12BrN3O2/c17-14-7-5-12(6-8-14)16(21)20-19-11-13-3-1-2-4-15(13)22-10-9-18/h1-8,11H,10H2,(H,20,21)/b19-11-. The van der Waals surface area contributed by atoms with E-state index >= 15 is 0 Å². The van der Waals surface area contributed by atoms with Crippen molar-refractivity contribution < 1.29 is 9.53 Å². The van der Waals surface area contributed by atoms with E-state index in [9.17, 15) is 4.79 Å². The Hall–Kier alpha value is -2.65. The van der Waals surface area contributed by atoms with Gasteiger partial charge in [-0.1, -0.05) is 28.1 Å². The first kappa shape index (κ1) is 15.7. The zero-order chi connectivity index (χ0) is 15.8. The molecule has 5 nitrogen and oxygen atoms in total. The van der Waals surface area contributed by atoms with E-state index in [2.05, 4.69) is 26.5 Å². The Bertz CT molecular complexity index is 721. The highest BCUT2D eigenvalue weighted by molar-refractivity contribution is 9.10. The molecule has 110 valence electrons. The maximum absolute atomic E-state index is 11.9. The third kappa shape index (κ3) is 4.43. The summed E-state index contributed by atoms with van der Waals surface area (Å²) in [5.74, 6) is 0.227. The van der Waals surface area contributed by atoms with Crippen LogP contribution in [0.2, 0.25) is 0 Å². The van der Waals surface area contributed by atoms with Gasteiger partial charge in [-0.2, -0.15) is 10.4 Å². The van der Waals surface area contributed by atoms with Crippen LogP contribution >= 0.6 is 15.9 Å². The van der Waals surface area contributed by atoms with Crippen LogP contribution in [0.5, 0.6) is 5.75 Å². The largest absolute Gasteiger partial charge is 0.478 e. The summed E-state index contributed by atoms with van der Waals surface area (Å²) >= 11 is 3.31. The monoisotopic (exact) mass is 357 g/mol. The van der Waals surface area contributed by atoms with Gasteiger partial charge in [0.05, 0.1) is 6.21 Å². The van der Waals surface area contributed by atoms with E-state index in [-0.39, 0.29) is 12.5 Å². The number of para-hydroxylation sites is 1. The van der Waals surface area contributed by atoms with E-state index in [4.69, 9.17) is 10.00 Å². The molecule has 0 unspecified atom stereocenters. The molecule has 0 saturated carbocycles. The van der Waals surface area contributed by atoms with Crippen LogP contribution in [-0.4, -0.2) is 18.7 Å². The summed E-state index contributed by atoms with van der Waals surface area (Å²) in [4.78, 5) is 11.9. The summed E-state index contributed by atoms with van der Waals surface area (Å²) in [6, 6.07) is 16.0. The van der Waals surface area contributed by atoms with E-state index in [0.29, 0.717) is 16.9 Å². The zero-order valence-electron chi connectivity index (χ0n) is 11.5. The maximum atomic E-state index is 11.9. The number of nitrogens with zero attached hydrogens (tertiary/aromatic N) is 2. The molecule has 0 aliphatic heterocycles. The van der Waals surface area contributed by atoms with Gasteiger partial charge in [-0.3, -0.25) is 4.79 Å².